The number of alkyl halides is 3. The lowest BCUT2D eigenvalue weighted by Gasteiger charge is -2.39. The first-order chi connectivity index (χ1) is 9.90. The average Bonchev–Trinajstić information content (AvgIpc) is 2.69. The number of rotatable bonds is 2. The van der Waals surface area contributed by atoms with Crippen LogP contribution in [0.4, 0.5) is 19.0 Å². The molecule has 0 spiro atoms. The Bertz CT molecular complexity index is 521. The summed E-state index contributed by atoms with van der Waals surface area (Å²) in [6.45, 7) is 0.152. The van der Waals surface area contributed by atoms with Crippen LogP contribution in [0.25, 0.3) is 0 Å². The zero-order valence-corrected chi connectivity index (χ0v) is 11.5. The summed E-state index contributed by atoms with van der Waals surface area (Å²) < 4.78 is 38.7. The minimum Gasteiger partial charge on any atom is -0.393 e. The maximum atomic E-state index is 12.9. The molecule has 3 N–H and O–H groups in total. The van der Waals surface area contributed by atoms with Crippen molar-refractivity contribution in [3.8, 4) is 0 Å². The van der Waals surface area contributed by atoms with E-state index in [1.54, 1.807) is 0 Å². The lowest BCUT2D eigenvalue weighted by molar-refractivity contribution is -0.141. The normalized spacial score (nSPS) is 29.0. The van der Waals surface area contributed by atoms with E-state index >= 15 is 0 Å². The standard InChI is InChI=1S/C14H18F3N3O/c15-14(16,17)12-4-1-8(7-18)13(19-12)20-9-2-3-10(20)6-11(21)5-9/h1,4,9-11,21H,2-3,5-7,18H2. The Kier molecular flexibility index (Phi) is 3.57. The van der Waals surface area contributed by atoms with E-state index in [1.807, 2.05) is 4.90 Å². The molecule has 1 aromatic heterocycles. The number of aliphatic hydroxyl groups is 1. The summed E-state index contributed by atoms with van der Waals surface area (Å²) in [5.41, 5.74) is 5.39. The molecule has 2 bridgehead atoms. The Hall–Kier alpha value is -1.34. The molecule has 0 aromatic carbocycles. The molecule has 3 heterocycles. The Morgan fingerprint density at radius 2 is 1.86 bits per heavy atom. The minimum atomic E-state index is -4.46. The largest absolute Gasteiger partial charge is 0.433 e. The van der Waals surface area contributed by atoms with Crippen LogP contribution in [0.1, 0.15) is 36.9 Å². The minimum absolute atomic E-state index is 0.0556. The summed E-state index contributed by atoms with van der Waals surface area (Å²) >= 11 is 0. The third-order valence-corrected chi connectivity index (χ3v) is 4.42. The highest BCUT2D eigenvalue weighted by Gasteiger charge is 2.42. The highest BCUT2D eigenvalue weighted by atomic mass is 19.4. The molecule has 0 aliphatic carbocycles. The predicted octanol–water partition coefficient (Wildman–Crippen LogP) is 2.05. The zero-order valence-electron chi connectivity index (χ0n) is 11.5. The highest BCUT2D eigenvalue weighted by molar-refractivity contribution is 5.52. The van der Waals surface area contributed by atoms with Crippen LogP contribution in [0, 0.1) is 0 Å². The second kappa shape index (κ2) is 5.14. The van der Waals surface area contributed by atoms with Gasteiger partial charge in [-0.1, -0.05) is 6.07 Å². The van der Waals surface area contributed by atoms with Gasteiger partial charge in [0, 0.05) is 24.2 Å². The van der Waals surface area contributed by atoms with Crippen LogP contribution in [0.2, 0.25) is 0 Å². The van der Waals surface area contributed by atoms with E-state index in [1.165, 1.54) is 6.07 Å². The molecule has 2 saturated heterocycles. The van der Waals surface area contributed by atoms with E-state index < -0.39 is 11.9 Å². The van der Waals surface area contributed by atoms with Crippen molar-refractivity contribution in [2.75, 3.05) is 4.90 Å². The van der Waals surface area contributed by atoms with Crippen LogP contribution in [0.15, 0.2) is 12.1 Å². The van der Waals surface area contributed by atoms with Gasteiger partial charge in [0.25, 0.3) is 0 Å². The summed E-state index contributed by atoms with van der Waals surface area (Å²) in [5.74, 6) is 0.340. The fourth-order valence-corrected chi connectivity index (χ4v) is 3.51. The van der Waals surface area contributed by atoms with E-state index in [9.17, 15) is 18.3 Å². The number of fused-ring (bicyclic) bond motifs is 2. The van der Waals surface area contributed by atoms with Crippen molar-refractivity contribution in [1.29, 1.82) is 0 Å². The van der Waals surface area contributed by atoms with E-state index in [-0.39, 0.29) is 24.7 Å². The summed E-state index contributed by atoms with van der Waals surface area (Å²) in [6.07, 6.45) is -1.91. The first kappa shape index (κ1) is 14.6. The van der Waals surface area contributed by atoms with Gasteiger partial charge in [-0.15, -0.1) is 0 Å². The molecule has 2 aliphatic heterocycles. The molecule has 21 heavy (non-hydrogen) atoms. The average molecular weight is 301 g/mol. The van der Waals surface area contributed by atoms with Crippen molar-refractivity contribution < 1.29 is 18.3 Å². The van der Waals surface area contributed by atoms with Gasteiger partial charge in [0.05, 0.1) is 6.10 Å². The first-order valence-corrected chi connectivity index (χ1v) is 7.13. The number of aliphatic hydroxyl groups excluding tert-OH is 1. The van der Waals surface area contributed by atoms with Gasteiger partial charge in [0.1, 0.15) is 11.5 Å². The Morgan fingerprint density at radius 1 is 1.24 bits per heavy atom. The van der Waals surface area contributed by atoms with Gasteiger partial charge < -0.3 is 15.7 Å². The maximum Gasteiger partial charge on any atom is 0.433 e. The molecule has 4 nitrogen and oxygen atoms in total. The topological polar surface area (TPSA) is 62.4 Å². The summed E-state index contributed by atoms with van der Waals surface area (Å²) in [7, 11) is 0. The highest BCUT2D eigenvalue weighted by Crippen LogP contribution is 2.41. The van der Waals surface area contributed by atoms with E-state index in [0.717, 1.165) is 18.9 Å². The second-order valence-electron chi connectivity index (χ2n) is 5.80. The lowest BCUT2D eigenvalue weighted by atomic mass is 9.99. The third-order valence-electron chi connectivity index (χ3n) is 4.42. The third kappa shape index (κ3) is 2.60. The molecule has 2 aliphatic rings. The van der Waals surface area contributed by atoms with E-state index in [4.69, 9.17) is 5.73 Å². The molecule has 0 saturated carbocycles. The second-order valence-corrected chi connectivity index (χ2v) is 5.80. The predicted molar refractivity (Wildman–Crippen MR) is 71.7 cm³/mol. The van der Waals surface area contributed by atoms with Gasteiger partial charge in [0.15, 0.2) is 0 Å². The van der Waals surface area contributed by atoms with Crippen LogP contribution in [0.5, 0.6) is 0 Å². The maximum absolute atomic E-state index is 12.9. The fourth-order valence-electron chi connectivity index (χ4n) is 3.51. The number of anilines is 1. The van der Waals surface area contributed by atoms with Crippen molar-refractivity contribution in [2.24, 2.45) is 5.73 Å². The molecule has 1 aromatic rings. The monoisotopic (exact) mass is 301 g/mol. The van der Waals surface area contributed by atoms with Gasteiger partial charge in [-0.2, -0.15) is 13.2 Å². The van der Waals surface area contributed by atoms with E-state index in [2.05, 4.69) is 4.98 Å². The van der Waals surface area contributed by atoms with Crippen LogP contribution >= 0.6 is 0 Å². The summed E-state index contributed by atoms with van der Waals surface area (Å²) in [4.78, 5) is 5.79. The molecule has 2 unspecified atom stereocenters. The van der Waals surface area contributed by atoms with Gasteiger partial charge >= 0.3 is 6.18 Å². The van der Waals surface area contributed by atoms with Crippen LogP contribution < -0.4 is 10.6 Å². The molecule has 0 radical (unpaired) electrons. The first-order valence-electron chi connectivity index (χ1n) is 7.13. The number of nitrogens with zero attached hydrogens (tertiary/aromatic N) is 2. The lowest BCUT2D eigenvalue weighted by Crippen LogP contribution is -2.46. The summed E-state index contributed by atoms with van der Waals surface area (Å²) in [5, 5.41) is 9.81. The number of aromatic nitrogens is 1. The van der Waals surface area contributed by atoms with Crippen molar-refractivity contribution >= 4 is 5.82 Å². The summed E-state index contributed by atoms with van der Waals surface area (Å²) in [6, 6.07) is 2.50. The Morgan fingerprint density at radius 3 is 2.38 bits per heavy atom. The van der Waals surface area contributed by atoms with Gasteiger partial charge in [-0.05, 0) is 31.7 Å². The van der Waals surface area contributed by atoms with Crippen LogP contribution in [0.3, 0.4) is 0 Å². The van der Waals surface area contributed by atoms with Crippen LogP contribution in [-0.2, 0) is 12.7 Å². The zero-order chi connectivity index (χ0) is 15.2. The van der Waals surface area contributed by atoms with Gasteiger partial charge in [-0.25, -0.2) is 4.98 Å². The van der Waals surface area contributed by atoms with E-state index in [0.29, 0.717) is 24.2 Å². The number of piperidine rings is 1. The Labute approximate surface area is 120 Å². The number of hydrogen-bond donors (Lipinski definition) is 2. The van der Waals surface area contributed by atoms with Crippen molar-refractivity contribution in [2.45, 2.75) is 56.6 Å². The number of halogens is 3. The molecule has 7 heteroatoms. The molecule has 116 valence electrons. The molecule has 2 atom stereocenters. The number of nitrogens with two attached hydrogens (primary N) is 1. The molecule has 2 fully saturated rings. The quantitative estimate of drug-likeness (QED) is 0.877. The number of hydrogen-bond acceptors (Lipinski definition) is 4. The molecular weight excluding hydrogens is 283 g/mol. The number of pyridine rings is 1. The fraction of sp³-hybridized carbons (Fsp3) is 0.643. The van der Waals surface area contributed by atoms with Crippen molar-refractivity contribution in [1.82, 2.24) is 4.98 Å². The molecule has 3 rings (SSSR count). The van der Waals surface area contributed by atoms with Crippen molar-refractivity contribution in [3.63, 3.8) is 0 Å². The van der Waals surface area contributed by atoms with Crippen molar-refractivity contribution in [3.05, 3.63) is 23.4 Å². The smallest absolute Gasteiger partial charge is 0.393 e. The van der Waals surface area contributed by atoms with Gasteiger partial charge in [0.2, 0.25) is 0 Å². The SMILES string of the molecule is NCc1ccc(C(F)(F)F)nc1N1C2CCC1CC(O)C2. The van der Waals surface area contributed by atoms with Crippen LogP contribution in [-0.4, -0.2) is 28.3 Å². The van der Waals surface area contributed by atoms with Gasteiger partial charge in [-0.3, -0.25) is 0 Å². The molecule has 0 amide bonds. The molecular formula is C14H18F3N3O. The Balaban J connectivity index is 2.01.